The first-order valence-electron chi connectivity index (χ1n) is 10.4. The number of carbonyl (C=O) groups excluding carboxylic acids is 1. The van der Waals surface area contributed by atoms with Gasteiger partial charge in [-0.1, -0.05) is 42.5 Å². The normalized spacial score (nSPS) is 14.5. The van der Waals surface area contributed by atoms with Crippen molar-refractivity contribution in [3.63, 3.8) is 0 Å². The third-order valence-corrected chi connectivity index (χ3v) is 6.16. The summed E-state index contributed by atoms with van der Waals surface area (Å²) in [6.45, 7) is 2.43. The maximum Gasteiger partial charge on any atom is 0.410 e. The molecule has 0 spiro atoms. The van der Waals surface area contributed by atoms with Gasteiger partial charge < -0.3 is 14.4 Å². The number of hydrogen-bond donors (Lipinski definition) is 0. The molecule has 0 saturated carbocycles. The molecule has 2 heterocycles. The fourth-order valence-corrected chi connectivity index (χ4v) is 4.21. The van der Waals surface area contributed by atoms with Gasteiger partial charge in [0.15, 0.2) is 0 Å². The molecule has 2 aromatic carbocycles. The highest BCUT2D eigenvalue weighted by molar-refractivity contribution is 7.09. The molecule has 30 heavy (non-hydrogen) atoms. The Bertz CT molecular complexity index is 923. The van der Waals surface area contributed by atoms with Gasteiger partial charge in [-0.2, -0.15) is 0 Å². The van der Waals surface area contributed by atoms with Gasteiger partial charge in [-0.3, -0.25) is 0 Å². The predicted molar refractivity (Wildman–Crippen MR) is 119 cm³/mol. The lowest BCUT2D eigenvalue weighted by Crippen LogP contribution is -2.39. The van der Waals surface area contributed by atoms with Gasteiger partial charge in [0.2, 0.25) is 0 Å². The van der Waals surface area contributed by atoms with Crippen molar-refractivity contribution >= 4 is 17.4 Å². The lowest BCUT2D eigenvalue weighted by atomic mass is 9.94. The van der Waals surface area contributed by atoms with Crippen LogP contribution in [0.3, 0.4) is 0 Å². The first kappa shape index (κ1) is 20.4. The van der Waals surface area contributed by atoms with Crippen molar-refractivity contribution in [2.24, 2.45) is 5.92 Å². The van der Waals surface area contributed by atoms with E-state index in [0.717, 1.165) is 48.7 Å². The van der Waals surface area contributed by atoms with Crippen LogP contribution in [-0.4, -0.2) is 35.7 Å². The molecule has 156 valence electrons. The Morgan fingerprint density at radius 2 is 1.87 bits per heavy atom. The van der Waals surface area contributed by atoms with E-state index in [9.17, 15) is 4.79 Å². The van der Waals surface area contributed by atoms with E-state index in [2.05, 4.69) is 29.2 Å². The summed E-state index contributed by atoms with van der Waals surface area (Å²) >= 11 is 1.50. The van der Waals surface area contributed by atoms with Gasteiger partial charge >= 0.3 is 6.09 Å². The van der Waals surface area contributed by atoms with Crippen molar-refractivity contribution in [3.05, 3.63) is 71.2 Å². The van der Waals surface area contributed by atoms with Crippen LogP contribution < -0.4 is 4.74 Å². The Labute approximate surface area is 181 Å². The zero-order valence-electron chi connectivity index (χ0n) is 16.9. The number of aromatic nitrogens is 1. The average molecular weight is 423 g/mol. The first-order chi connectivity index (χ1) is 14.8. The van der Waals surface area contributed by atoms with E-state index in [1.165, 1.54) is 16.9 Å². The largest absolute Gasteiger partial charge is 0.494 e. The molecule has 1 aromatic heterocycles. The summed E-state index contributed by atoms with van der Waals surface area (Å²) in [7, 11) is 0. The maximum absolute atomic E-state index is 12.2. The first-order valence-corrected chi connectivity index (χ1v) is 11.2. The van der Waals surface area contributed by atoms with E-state index in [4.69, 9.17) is 9.47 Å². The predicted octanol–water partition coefficient (Wildman–Crippen LogP) is 5.63. The maximum atomic E-state index is 12.2. The zero-order valence-corrected chi connectivity index (χ0v) is 17.7. The Hall–Kier alpha value is -2.86. The fourth-order valence-electron chi connectivity index (χ4n) is 3.68. The number of carbonyl (C=O) groups is 1. The lowest BCUT2D eigenvalue weighted by Gasteiger charge is -2.31. The highest BCUT2D eigenvalue weighted by atomic mass is 32.1. The lowest BCUT2D eigenvalue weighted by molar-refractivity contribution is 0.0799. The number of benzene rings is 2. The number of nitrogens with zero attached hydrogens (tertiary/aromatic N) is 2. The Morgan fingerprint density at radius 1 is 1.07 bits per heavy atom. The molecule has 0 N–H and O–H groups in total. The van der Waals surface area contributed by atoms with Crippen LogP contribution in [0.5, 0.6) is 5.75 Å². The molecule has 3 aromatic rings. The van der Waals surface area contributed by atoms with Crippen LogP contribution in [0.15, 0.2) is 66.2 Å². The fraction of sp³-hybridized carbons (Fsp3) is 0.333. The molecule has 5 nitrogen and oxygen atoms in total. The van der Waals surface area contributed by atoms with Crippen LogP contribution in [0.2, 0.25) is 0 Å². The van der Waals surface area contributed by atoms with E-state index in [0.29, 0.717) is 12.5 Å². The van der Waals surface area contributed by atoms with Gasteiger partial charge in [-0.05, 0) is 48.4 Å². The summed E-state index contributed by atoms with van der Waals surface area (Å²) in [6, 6.07) is 18.6. The summed E-state index contributed by atoms with van der Waals surface area (Å²) in [6.07, 6.45) is 4.45. The number of amides is 1. The number of piperidine rings is 1. The highest BCUT2D eigenvalue weighted by Gasteiger charge is 2.23. The Balaban J connectivity index is 1.18. The van der Waals surface area contributed by atoms with Crippen molar-refractivity contribution < 1.29 is 14.3 Å². The molecule has 6 heteroatoms. The second-order valence-electron chi connectivity index (χ2n) is 7.44. The average Bonchev–Trinajstić information content (AvgIpc) is 3.32. The van der Waals surface area contributed by atoms with Gasteiger partial charge in [0.05, 0.1) is 6.61 Å². The monoisotopic (exact) mass is 422 g/mol. The van der Waals surface area contributed by atoms with Crippen LogP contribution in [0.1, 0.15) is 24.3 Å². The summed E-state index contributed by atoms with van der Waals surface area (Å²) in [4.78, 5) is 18.1. The third kappa shape index (κ3) is 5.60. The summed E-state index contributed by atoms with van der Waals surface area (Å²) in [5.41, 5.74) is 2.36. The minimum atomic E-state index is -0.238. The molecule has 1 aliphatic heterocycles. The van der Waals surface area contributed by atoms with Crippen LogP contribution in [0, 0.1) is 5.92 Å². The topological polar surface area (TPSA) is 51.7 Å². The summed E-state index contributed by atoms with van der Waals surface area (Å²) < 4.78 is 11.4. The van der Waals surface area contributed by atoms with E-state index >= 15 is 0 Å². The minimum absolute atomic E-state index is 0.238. The molecule has 0 unspecified atom stereocenters. The standard InChI is InChI=1S/C24H26N2O3S/c27-24(29-18-23-25-12-16-30-23)26-13-9-19(10-14-26)11-15-28-22-8-4-7-21(17-22)20-5-2-1-3-6-20/h1-8,12,16-17,19H,9-11,13-15,18H2. The molecule has 1 aliphatic rings. The molecule has 0 radical (unpaired) electrons. The molecule has 0 bridgehead atoms. The van der Waals surface area contributed by atoms with Gasteiger partial charge in [0.25, 0.3) is 0 Å². The molecular weight excluding hydrogens is 396 g/mol. The number of likely N-dealkylation sites (tertiary alicyclic amines) is 1. The van der Waals surface area contributed by atoms with Crippen molar-refractivity contribution in [2.45, 2.75) is 25.9 Å². The number of hydrogen-bond acceptors (Lipinski definition) is 5. The van der Waals surface area contributed by atoms with Crippen LogP contribution in [0.25, 0.3) is 11.1 Å². The molecule has 1 amide bonds. The molecule has 0 atom stereocenters. The Morgan fingerprint density at radius 3 is 2.63 bits per heavy atom. The van der Waals surface area contributed by atoms with Crippen molar-refractivity contribution in [2.75, 3.05) is 19.7 Å². The van der Waals surface area contributed by atoms with E-state index < -0.39 is 0 Å². The van der Waals surface area contributed by atoms with Crippen LogP contribution in [0.4, 0.5) is 4.79 Å². The summed E-state index contributed by atoms with van der Waals surface area (Å²) in [5, 5.41) is 2.71. The smallest absolute Gasteiger partial charge is 0.410 e. The van der Waals surface area contributed by atoms with E-state index in [-0.39, 0.29) is 12.7 Å². The highest BCUT2D eigenvalue weighted by Crippen LogP contribution is 2.25. The number of thiazole rings is 1. The van der Waals surface area contributed by atoms with Crippen molar-refractivity contribution in [1.82, 2.24) is 9.88 Å². The quantitative estimate of drug-likeness (QED) is 0.495. The Kier molecular flexibility index (Phi) is 6.98. The molecule has 1 fully saturated rings. The van der Waals surface area contributed by atoms with Crippen molar-refractivity contribution in [3.8, 4) is 16.9 Å². The SMILES string of the molecule is O=C(OCc1nccs1)N1CCC(CCOc2cccc(-c3ccccc3)c2)CC1. The van der Waals surface area contributed by atoms with Crippen molar-refractivity contribution in [1.29, 1.82) is 0 Å². The minimum Gasteiger partial charge on any atom is -0.494 e. The second kappa shape index (κ2) is 10.3. The van der Waals surface area contributed by atoms with Gasteiger partial charge in [0, 0.05) is 24.7 Å². The molecule has 4 rings (SSSR count). The zero-order chi connectivity index (χ0) is 20.6. The number of rotatable bonds is 7. The second-order valence-corrected chi connectivity index (χ2v) is 8.42. The number of ether oxygens (including phenoxy) is 2. The molecule has 1 saturated heterocycles. The third-order valence-electron chi connectivity index (χ3n) is 5.41. The van der Waals surface area contributed by atoms with Gasteiger partial charge in [-0.25, -0.2) is 9.78 Å². The van der Waals surface area contributed by atoms with Gasteiger partial charge in [0.1, 0.15) is 17.4 Å². The molecule has 0 aliphatic carbocycles. The van der Waals surface area contributed by atoms with E-state index in [1.807, 2.05) is 35.7 Å². The molecular formula is C24H26N2O3S. The summed E-state index contributed by atoms with van der Waals surface area (Å²) in [5.74, 6) is 1.48. The van der Waals surface area contributed by atoms with E-state index in [1.54, 1.807) is 11.1 Å². The van der Waals surface area contributed by atoms with Crippen LogP contribution in [-0.2, 0) is 11.3 Å². The van der Waals surface area contributed by atoms with Crippen LogP contribution >= 0.6 is 11.3 Å². The van der Waals surface area contributed by atoms with Gasteiger partial charge in [-0.15, -0.1) is 11.3 Å².